The molecule has 0 aliphatic rings. The van der Waals surface area contributed by atoms with Gasteiger partial charge in [-0.15, -0.1) is 0 Å². The molecule has 2 rings (SSSR count). The predicted octanol–water partition coefficient (Wildman–Crippen LogP) is 2.90. The number of esters is 1. The molecule has 0 fully saturated rings. The molecule has 2 aromatic rings. The third-order valence-electron chi connectivity index (χ3n) is 2.55. The fraction of sp³-hybridized carbons (Fsp3) is 0.0714. The topological polar surface area (TPSA) is 52.3 Å². The zero-order valence-corrected chi connectivity index (χ0v) is 9.90. The van der Waals surface area contributed by atoms with Crippen LogP contribution in [0, 0.1) is 11.6 Å². The first-order chi connectivity index (χ1) is 9.08. The van der Waals surface area contributed by atoms with Crippen molar-refractivity contribution in [3.63, 3.8) is 0 Å². The molecule has 0 saturated heterocycles. The smallest absolute Gasteiger partial charge is 0.338 e. The van der Waals surface area contributed by atoms with Gasteiger partial charge in [0.25, 0.3) is 0 Å². The lowest BCUT2D eigenvalue weighted by Gasteiger charge is -2.06. The van der Waals surface area contributed by atoms with Gasteiger partial charge in [0, 0.05) is 5.56 Å². The molecule has 2 N–H and O–H groups in total. The average molecular weight is 263 g/mol. The van der Waals surface area contributed by atoms with E-state index in [0.29, 0.717) is 0 Å². The molecule has 0 atom stereocenters. The Kier molecular flexibility index (Phi) is 3.75. The molecule has 0 aliphatic carbocycles. The summed E-state index contributed by atoms with van der Waals surface area (Å²) >= 11 is 0. The van der Waals surface area contributed by atoms with Crippen LogP contribution < -0.4 is 5.73 Å². The molecule has 0 bridgehead atoms. The standard InChI is InChI=1S/C14H11F2NO2/c15-11-4-2-1-3-10(11)8-19-14(18)9-5-6-12(16)13(17)7-9/h1-7H,8,17H2. The number of carbonyl (C=O) groups is 1. The van der Waals surface area contributed by atoms with Crippen LogP contribution in [-0.4, -0.2) is 5.97 Å². The van der Waals surface area contributed by atoms with Gasteiger partial charge in [0.15, 0.2) is 0 Å². The normalized spacial score (nSPS) is 10.2. The second-order valence-corrected chi connectivity index (χ2v) is 3.90. The number of benzene rings is 2. The van der Waals surface area contributed by atoms with Crippen molar-refractivity contribution in [2.24, 2.45) is 0 Å². The molecule has 0 aromatic heterocycles. The monoisotopic (exact) mass is 263 g/mol. The Hall–Kier alpha value is -2.43. The van der Waals surface area contributed by atoms with Crippen molar-refractivity contribution in [1.82, 2.24) is 0 Å². The fourth-order valence-electron chi connectivity index (χ4n) is 1.51. The van der Waals surface area contributed by atoms with E-state index in [0.717, 1.165) is 6.07 Å². The molecule has 0 unspecified atom stereocenters. The highest BCUT2D eigenvalue weighted by atomic mass is 19.1. The van der Waals surface area contributed by atoms with E-state index in [9.17, 15) is 13.6 Å². The quantitative estimate of drug-likeness (QED) is 0.684. The molecule has 5 heteroatoms. The third kappa shape index (κ3) is 3.07. The van der Waals surface area contributed by atoms with Crippen LogP contribution >= 0.6 is 0 Å². The van der Waals surface area contributed by atoms with Crippen molar-refractivity contribution >= 4 is 11.7 Å². The number of nitrogen functional groups attached to an aromatic ring is 1. The van der Waals surface area contributed by atoms with Crippen molar-refractivity contribution in [2.75, 3.05) is 5.73 Å². The van der Waals surface area contributed by atoms with Gasteiger partial charge in [-0.25, -0.2) is 13.6 Å². The van der Waals surface area contributed by atoms with E-state index in [4.69, 9.17) is 10.5 Å². The summed E-state index contributed by atoms with van der Waals surface area (Å²) in [6, 6.07) is 9.49. The van der Waals surface area contributed by atoms with E-state index in [2.05, 4.69) is 0 Å². The molecule has 0 heterocycles. The zero-order chi connectivity index (χ0) is 13.8. The molecule has 2 aromatic carbocycles. The van der Waals surface area contributed by atoms with Gasteiger partial charge in [-0.3, -0.25) is 0 Å². The van der Waals surface area contributed by atoms with Crippen LogP contribution in [-0.2, 0) is 11.3 Å². The van der Waals surface area contributed by atoms with Crippen LogP contribution in [0.5, 0.6) is 0 Å². The highest BCUT2D eigenvalue weighted by molar-refractivity contribution is 5.90. The van der Waals surface area contributed by atoms with Crippen molar-refractivity contribution in [3.8, 4) is 0 Å². The van der Waals surface area contributed by atoms with Gasteiger partial charge < -0.3 is 10.5 Å². The van der Waals surface area contributed by atoms with Gasteiger partial charge >= 0.3 is 5.97 Å². The lowest BCUT2D eigenvalue weighted by Crippen LogP contribution is -2.07. The van der Waals surface area contributed by atoms with E-state index in [1.165, 1.54) is 24.3 Å². The Morgan fingerprint density at radius 1 is 1.11 bits per heavy atom. The summed E-state index contributed by atoms with van der Waals surface area (Å²) in [5.41, 5.74) is 5.60. The Morgan fingerprint density at radius 3 is 2.53 bits per heavy atom. The van der Waals surface area contributed by atoms with E-state index in [1.54, 1.807) is 12.1 Å². The zero-order valence-electron chi connectivity index (χ0n) is 9.90. The molecule has 19 heavy (non-hydrogen) atoms. The largest absolute Gasteiger partial charge is 0.457 e. The fourth-order valence-corrected chi connectivity index (χ4v) is 1.51. The summed E-state index contributed by atoms with van der Waals surface area (Å²) in [7, 11) is 0. The molecule has 0 amide bonds. The van der Waals surface area contributed by atoms with Crippen LogP contribution in [0.2, 0.25) is 0 Å². The van der Waals surface area contributed by atoms with Crippen molar-refractivity contribution in [1.29, 1.82) is 0 Å². The highest BCUT2D eigenvalue weighted by Gasteiger charge is 2.11. The van der Waals surface area contributed by atoms with Gasteiger partial charge in [-0.1, -0.05) is 18.2 Å². The van der Waals surface area contributed by atoms with Gasteiger partial charge in [0.2, 0.25) is 0 Å². The maximum atomic E-state index is 13.3. The molecule has 0 aliphatic heterocycles. The molecular formula is C14H11F2NO2. The van der Waals surface area contributed by atoms with Crippen molar-refractivity contribution in [2.45, 2.75) is 6.61 Å². The molecule has 98 valence electrons. The minimum atomic E-state index is -0.685. The minimum Gasteiger partial charge on any atom is -0.457 e. The van der Waals surface area contributed by atoms with E-state index in [-0.39, 0.29) is 23.4 Å². The number of hydrogen-bond donors (Lipinski definition) is 1. The summed E-state index contributed by atoms with van der Waals surface area (Å²) < 4.78 is 31.2. The predicted molar refractivity (Wildman–Crippen MR) is 66.3 cm³/mol. The number of hydrogen-bond acceptors (Lipinski definition) is 3. The average Bonchev–Trinajstić information content (AvgIpc) is 2.40. The van der Waals surface area contributed by atoms with Gasteiger partial charge in [-0.2, -0.15) is 0 Å². The van der Waals surface area contributed by atoms with Crippen molar-refractivity contribution in [3.05, 3.63) is 65.2 Å². The maximum Gasteiger partial charge on any atom is 0.338 e. The first-order valence-corrected chi connectivity index (χ1v) is 5.53. The number of anilines is 1. The van der Waals surface area contributed by atoms with Crippen LogP contribution in [0.25, 0.3) is 0 Å². The van der Waals surface area contributed by atoms with Crippen LogP contribution in [0.4, 0.5) is 14.5 Å². The van der Waals surface area contributed by atoms with E-state index in [1.807, 2.05) is 0 Å². The lowest BCUT2D eigenvalue weighted by atomic mass is 10.2. The van der Waals surface area contributed by atoms with Crippen LogP contribution in [0.3, 0.4) is 0 Å². The first kappa shape index (κ1) is 13.0. The number of nitrogens with two attached hydrogens (primary N) is 1. The Labute approximate surface area is 108 Å². The second kappa shape index (κ2) is 5.48. The Balaban J connectivity index is 2.05. The molecule has 0 radical (unpaired) electrons. The number of carbonyl (C=O) groups excluding carboxylic acids is 1. The second-order valence-electron chi connectivity index (χ2n) is 3.90. The van der Waals surface area contributed by atoms with Crippen molar-refractivity contribution < 1.29 is 18.3 Å². The SMILES string of the molecule is Nc1cc(C(=O)OCc2ccccc2F)ccc1F. The van der Waals surface area contributed by atoms with Crippen LogP contribution in [0.1, 0.15) is 15.9 Å². The highest BCUT2D eigenvalue weighted by Crippen LogP contribution is 2.14. The molecule has 3 nitrogen and oxygen atoms in total. The maximum absolute atomic E-state index is 13.3. The summed E-state index contributed by atoms with van der Waals surface area (Å²) in [5, 5.41) is 0. The third-order valence-corrected chi connectivity index (χ3v) is 2.55. The summed E-state index contributed by atoms with van der Waals surface area (Å²) in [5.74, 6) is -1.74. The summed E-state index contributed by atoms with van der Waals surface area (Å²) in [4.78, 5) is 11.7. The Morgan fingerprint density at radius 2 is 1.84 bits per heavy atom. The lowest BCUT2D eigenvalue weighted by molar-refractivity contribution is 0.0469. The minimum absolute atomic E-state index is 0.121. The number of rotatable bonds is 3. The molecular weight excluding hydrogens is 252 g/mol. The summed E-state index contributed by atoms with van der Waals surface area (Å²) in [6.07, 6.45) is 0. The van der Waals surface area contributed by atoms with Gasteiger partial charge in [0.1, 0.15) is 18.2 Å². The van der Waals surface area contributed by atoms with Gasteiger partial charge in [-0.05, 0) is 24.3 Å². The molecule has 0 saturated carbocycles. The number of ether oxygens (including phenoxy) is 1. The van der Waals surface area contributed by atoms with Crippen LogP contribution in [0.15, 0.2) is 42.5 Å². The van der Waals surface area contributed by atoms with Gasteiger partial charge in [0.05, 0.1) is 11.3 Å². The first-order valence-electron chi connectivity index (χ1n) is 5.53. The Bertz CT molecular complexity index is 614. The molecule has 0 spiro atoms. The van der Waals surface area contributed by atoms with E-state index >= 15 is 0 Å². The number of halogens is 2. The summed E-state index contributed by atoms with van der Waals surface area (Å²) in [6.45, 7) is -0.192. The van der Waals surface area contributed by atoms with E-state index < -0.39 is 17.6 Å².